The van der Waals surface area contributed by atoms with Crippen LogP contribution in [0.25, 0.3) is 0 Å². The van der Waals surface area contributed by atoms with E-state index in [4.69, 9.17) is 5.26 Å². The van der Waals surface area contributed by atoms with Gasteiger partial charge < -0.3 is 10.2 Å². The molecule has 0 aromatic heterocycles. The first kappa shape index (κ1) is 9.53. The molecule has 15 heavy (non-hydrogen) atoms. The van der Waals surface area contributed by atoms with E-state index >= 15 is 0 Å². The Morgan fingerprint density at radius 1 is 1.60 bits per heavy atom. The van der Waals surface area contributed by atoms with E-state index in [0.717, 1.165) is 16.9 Å². The predicted molar refractivity (Wildman–Crippen MR) is 57.6 cm³/mol. The van der Waals surface area contributed by atoms with Gasteiger partial charge in [-0.25, -0.2) is 0 Å². The fraction of sp³-hybridized carbons (Fsp3) is 0.273. The standard InChI is InChI=1S/C11H11N3O/c1-8-2-3-10-9(6-8)13-11(15)7-14(10)5-4-12/h2-3,6H,5,7H2,1H3,(H,13,15). The van der Waals surface area contributed by atoms with E-state index < -0.39 is 0 Å². The van der Waals surface area contributed by atoms with Crippen molar-refractivity contribution < 1.29 is 4.79 Å². The maximum absolute atomic E-state index is 11.4. The number of carbonyl (C=O) groups is 1. The third-order valence-corrected chi connectivity index (χ3v) is 2.36. The highest BCUT2D eigenvalue weighted by Crippen LogP contribution is 2.29. The van der Waals surface area contributed by atoms with E-state index in [1.54, 1.807) is 4.90 Å². The quantitative estimate of drug-likeness (QED) is 0.696. The SMILES string of the molecule is Cc1ccc2c(c1)NC(=O)CN2CC#N. The molecule has 1 aliphatic rings. The average Bonchev–Trinajstić information content (AvgIpc) is 2.17. The van der Waals surface area contributed by atoms with E-state index in [-0.39, 0.29) is 19.0 Å². The van der Waals surface area contributed by atoms with Gasteiger partial charge in [0.05, 0.1) is 24.0 Å². The Kier molecular flexibility index (Phi) is 2.30. The molecule has 0 unspecified atom stereocenters. The summed E-state index contributed by atoms with van der Waals surface area (Å²) in [6.45, 7) is 2.46. The van der Waals surface area contributed by atoms with Gasteiger partial charge in [0, 0.05) is 0 Å². The first-order valence-corrected chi connectivity index (χ1v) is 4.73. The van der Waals surface area contributed by atoms with Crippen LogP contribution in [0, 0.1) is 18.3 Å². The number of amides is 1. The lowest BCUT2D eigenvalue weighted by Crippen LogP contribution is -2.38. The molecule has 1 aliphatic heterocycles. The van der Waals surface area contributed by atoms with Gasteiger partial charge in [0.15, 0.2) is 0 Å². The van der Waals surface area contributed by atoms with Crippen molar-refractivity contribution in [2.75, 3.05) is 23.3 Å². The maximum Gasteiger partial charge on any atom is 0.243 e. The van der Waals surface area contributed by atoms with Crippen LogP contribution in [0.5, 0.6) is 0 Å². The predicted octanol–water partition coefficient (Wildman–Crippen LogP) is 1.28. The normalized spacial score (nSPS) is 14.1. The van der Waals surface area contributed by atoms with Crippen LogP contribution in [0.4, 0.5) is 11.4 Å². The molecule has 1 aromatic carbocycles. The van der Waals surface area contributed by atoms with Crippen LogP contribution in [0.1, 0.15) is 5.56 Å². The van der Waals surface area contributed by atoms with Gasteiger partial charge in [-0.05, 0) is 24.6 Å². The van der Waals surface area contributed by atoms with E-state index in [2.05, 4.69) is 11.4 Å². The highest BCUT2D eigenvalue weighted by atomic mass is 16.2. The summed E-state index contributed by atoms with van der Waals surface area (Å²) in [5.74, 6) is -0.0663. The molecular formula is C11H11N3O. The van der Waals surface area contributed by atoms with Crippen molar-refractivity contribution in [3.63, 3.8) is 0 Å². The fourth-order valence-corrected chi connectivity index (χ4v) is 1.70. The summed E-state index contributed by atoms with van der Waals surface area (Å²) in [5.41, 5.74) is 2.80. The lowest BCUT2D eigenvalue weighted by Gasteiger charge is -2.28. The molecule has 0 radical (unpaired) electrons. The Morgan fingerprint density at radius 3 is 3.13 bits per heavy atom. The maximum atomic E-state index is 11.4. The minimum atomic E-state index is -0.0663. The molecule has 0 atom stereocenters. The number of fused-ring (bicyclic) bond motifs is 1. The number of nitrogens with one attached hydrogen (secondary N) is 1. The molecule has 1 aromatic rings. The molecule has 4 nitrogen and oxygen atoms in total. The molecule has 4 heteroatoms. The molecule has 0 fully saturated rings. The third kappa shape index (κ3) is 1.77. The first-order chi connectivity index (χ1) is 7.20. The van der Waals surface area contributed by atoms with Crippen molar-refractivity contribution in [3.05, 3.63) is 23.8 Å². The Hall–Kier alpha value is -2.02. The lowest BCUT2D eigenvalue weighted by molar-refractivity contribution is -0.115. The summed E-state index contributed by atoms with van der Waals surface area (Å²) in [7, 11) is 0. The molecule has 1 heterocycles. The molecular weight excluding hydrogens is 190 g/mol. The van der Waals surface area contributed by atoms with Gasteiger partial charge in [-0.2, -0.15) is 5.26 Å². The van der Waals surface area contributed by atoms with Crippen molar-refractivity contribution in [1.29, 1.82) is 5.26 Å². The second kappa shape index (κ2) is 3.62. The number of aryl methyl sites for hydroxylation is 1. The molecule has 0 bridgehead atoms. The number of anilines is 2. The zero-order valence-corrected chi connectivity index (χ0v) is 8.45. The summed E-state index contributed by atoms with van der Waals surface area (Å²) in [5, 5.41) is 11.5. The van der Waals surface area contributed by atoms with Crippen LogP contribution in [0.3, 0.4) is 0 Å². The number of rotatable bonds is 1. The van der Waals surface area contributed by atoms with Gasteiger partial charge in [-0.1, -0.05) is 6.07 Å². The van der Waals surface area contributed by atoms with Crippen molar-refractivity contribution >= 4 is 17.3 Å². The number of nitrogens with zero attached hydrogens (tertiary/aromatic N) is 2. The molecule has 0 aliphatic carbocycles. The van der Waals surface area contributed by atoms with Gasteiger partial charge >= 0.3 is 0 Å². The van der Waals surface area contributed by atoms with E-state index in [0.29, 0.717) is 0 Å². The van der Waals surface area contributed by atoms with Crippen LogP contribution >= 0.6 is 0 Å². The van der Waals surface area contributed by atoms with Gasteiger partial charge in [0.2, 0.25) is 5.91 Å². The smallest absolute Gasteiger partial charge is 0.243 e. The Balaban J connectivity index is 2.42. The molecule has 1 N–H and O–H groups in total. The van der Waals surface area contributed by atoms with Crippen LogP contribution in [0.2, 0.25) is 0 Å². The number of hydrogen-bond donors (Lipinski definition) is 1. The highest BCUT2D eigenvalue weighted by Gasteiger charge is 2.21. The first-order valence-electron chi connectivity index (χ1n) is 4.73. The lowest BCUT2D eigenvalue weighted by atomic mass is 10.1. The van der Waals surface area contributed by atoms with Gasteiger partial charge in [0.25, 0.3) is 0 Å². The van der Waals surface area contributed by atoms with Crippen LogP contribution in [-0.2, 0) is 4.79 Å². The van der Waals surface area contributed by atoms with Gasteiger partial charge in [0.1, 0.15) is 6.54 Å². The highest BCUT2D eigenvalue weighted by molar-refractivity contribution is 6.01. The van der Waals surface area contributed by atoms with Gasteiger partial charge in [-0.3, -0.25) is 4.79 Å². The minimum absolute atomic E-state index is 0.0663. The number of carbonyl (C=O) groups excluding carboxylic acids is 1. The van der Waals surface area contributed by atoms with E-state index in [1.807, 2.05) is 25.1 Å². The minimum Gasteiger partial charge on any atom is -0.347 e. The topological polar surface area (TPSA) is 56.1 Å². The Labute approximate surface area is 88.1 Å². The van der Waals surface area contributed by atoms with Crippen molar-refractivity contribution in [2.24, 2.45) is 0 Å². The second-order valence-electron chi connectivity index (χ2n) is 3.58. The zero-order chi connectivity index (χ0) is 10.8. The second-order valence-corrected chi connectivity index (χ2v) is 3.58. The number of benzene rings is 1. The van der Waals surface area contributed by atoms with E-state index in [9.17, 15) is 4.79 Å². The Morgan fingerprint density at radius 2 is 2.40 bits per heavy atom. The molecule has 76 valence electrons. The molecule has 0 saturated carbocycles. The van der Waals surface area contributed by atoms with Crippen LogP contribution in [-0.4, -0.2) is 19.0 Å². The summed E-state index contributed by atoms with van der Waals surface area (Å²) in [6.07, 6.45) is 0. The van der Waals surface area contributed by atoms with Crippen molar-refractivity contribution in [1.82, 2.24) is 0 Å². The largest absolute Gasteiger partial charge is 0.347 e. The molecule has 2 rings (SSSR count). The zero-order valence-electron chi connectivity index (χ0n) is 8.45. The van der Waals surface area contributed by atoms with Crippen LogP contribution < -0.4 is 10.2 Å². The molecule has 0 saturated heterocycles. The summed E-state index contributed by atoms with van der Waals surface area (Å²) >= 11 is 0. The fourth-order valence-electron chi connectivity index (χ4n) is 1.70. The number of nitriles is 1. The summed E-state index contributed by atoms with van der Waals surface area (Å²) in [4.78, 5) is 13.1. The monoisotopic (exact) mass is 201 g/mol. The average molecular weight is 201 g/mol. The van der Waals surface area contributed by atoms with Gasteiger partial charge in [-0.15, -0.1) is 0 Å². The van der Waals surface area contributed by atoms with Crippen LogP contribution in [0.15, 0.2) is 18.2 Å². The molecule has 1 amide bonds. The van der Waals surface area contributed by atoms with E-state index in [1.165, 1.54) is 0 Å². The molecule has 0 spiro atoms. The van der Waals surface area contributed by atoms with Crippen molar-refractivity contribution in [3.8, 4) is 6.07 Å². The third-order valence-electron chi connectivity index (χ3n) is 2.36. The number of hydrogen-bond acceptors (Lipinski definition) is 3. The van der Waals surface area contributed by atoms with Crippen molar-refractivity contribution in [2.45, 2.75) is 6.92 Å². The Bertz CT molecular complexity index is 448. The summed E-state index contributed by atoms with van der Waals surface area (Å²) < 4.78 is 0. The summed E-state index contributed by atoms with van der Waals surface area (Å²) in [6, 6.07) is 7.88.